The van der Waals surface area contributed by atoms with E-state index in [0.29, 0.717) is 25.9 Å². The SMILES string of the molecule is BC1(C)CCC(C(=O)N2CC3(CC3)C[C@H]2C(=O)N(I)[C@@H](C[C@@H]2CCNC2=O)C(=O)COC(C)(C)F)CC1. The van der Waals surface area contributed by atoms with Crippen molar-refractivity contribution >= 4 is 54.2 Å². The van der Waals surface area contributed by atoms with Crippen molar-refractivity contribution in [2.24, 2.45) is 17.3 Å². The lowest BCUT2D eigenvalue weighted by atomic mass is 9.60. The van der Waals surface area contributed by atoms with Gasteiger partial charge in [-0.3, -0.25) is 22.3 Å². The average molecular weight is 631 g/mol. The van der Waals surface area contributed by atoms with Gasteiger partial charge in [-0.25, -0.2) is 4.39 Å². The highest BCUT2D eigenvalue weighted by Gasteiger charge is 2.57. The minimum absolute atomic E-state index is 0.00755. The van der Waals surface area contributed by atoms with Crippen molar-refractivity contribution in [2.45, 2.75) is 102 Å². The van der Waals surface area contributed by atoms with E-state index in [1.54, 1.807) is 4.90 Å². The van der Waals surface area contributed by atoms with Gasteiger partial charge < -0.3 is 15.0 Å². The molecular weight excluding hydrogens is 591 g/mol. The van der Waals surface area contributed by atoms with Gasteiger partial charge in [0.05, 0.1) is 22.9 Å². The molecule has 3 atom stereocenters. The van der Waals surface area contributed by atoms with Crippen LogP contribution < -0.4 is 5.32 Å². The first-order valence-corrected chi connectivity index (χ1v) is 14.6. The maximum absolute atomic E-state index is 14.0. The molecule has 8 nitrogen and oxygen atoms in total. The summed E-state index contributed by atoms with van der Waals surface area (Å²) in [4.78, 5) is 54.9. The largest absolute Gasteiger partial charge is 0.356 e. The summed E-state index contributed by atoms with van der Waals surface area (Å²) in [6, 6.07) is -1.56. The lowest BCUT2D eigenvalue weighted by Crippen LogP contribution is -2.52. The number of ether oxygens (including phenoxy) is 1. The summed E-state index contributed by atoms with van der Waals surface area (Å²) in [5, 5.41) is 3.02. The number of halogens is 2. The third kappa shape index (κ3) is 6.86. The van der Waals surface area contributed by atoms with Crippen molar-refractivity contribution in [3.63, 3.8) is 0 Å². The van der Waals surface area contributed by atoms with Gasteiger partial charge in [-0.05, 0) is 64.2 Å². The summed E-state index contributed by atoms with van der Waals surface area (Å²) in [6.45, 7) is 5.30. The van der Waals surface area contributed by atoms with E-state index >= 15 is 0 Å². The van der Waals surface area contributed by atoms with E-state index in [9.17, 15) is 23.6 Å². The van der Waals surface area contributed by atoms with Crippen molar-refractivity contribution in [1.82, 2.24) is 13.3 Å². The number of ketones is 1. The molecule has 0 unspecified atom stereocenters. The first-order chi connectivity index (χ1) is 17.2. The highest BCUT2D eigenvalue weighted by Crippen LogP contribution is 2.56. The predicted molar refractivity (Wildman–Crippen MR) is 147 cm³/mol. The molecule has 4 aliphatic rings. The molecule has 0 aromatic rings. The number of carbonyl (C=O) groups excluding carboxylic acids is 4. The molecule has 2 heterocycles. The third-order valence-electron chi connectivity index (χ3n) is 8.81. The van der Waals surface area contributed by atoms with Gasteiger partial charge in [-0.15, -0.1) is 0 Å². The van der Waals surface area contributed by atoms with Crippen LogP contribution >= 0.6 is 22.9 Å². The number of alkyl halides is 1. The Morgan fingerprint density at radius 3 is 2.43 bits per heavy atom. The molecule has 0 aromatic carbocycles. The van der Waals surface area contributed by atoms with Crippen LogP contribution in [0, 0.1) is 17.3 Å². The number of carbonyl (C=O) groups is 4. The highest BCUT2D eigenvalue weighted by atomic mass is 127. The number of hydrogen-bond donors (Lipinski definition) is 1. The van der Waals surface area contributed by atoms with E-state index in [4.69, 9.17) is 4.74 Å². The van der Waals surface area contributed by atoms with Gasteiger partial charge in [0.25, 0.3) is 5.91 Å². The van der Waals surface area contributed by atoms with E-state index in [1.165, 1.54) is 17.0 Å². The number of hydrogen-bond acceptors (Lipinski definition) is 5. The van der Waals surface area contributed by atoms with Crippen LogP contribution in [0.25, 0.3) is 0 Å². The fourth-order valence-electron chi connectivity index (χ4n) is 6.05. The van der Waals surface area contributed by atoms with E-state index in [-0.39, 0.29) is 40.8 Å². The monoisotopic (exact) mass is 631 g/mol. The zero-order valence-corrected chi connectivity index (χ0v) is 24.6. The second kappa shape index (κ2) is 10.7. The van der Waals surface area contributed by atoms with Crippen LogP contribution in [0.3, 0.4) is 0 Å². The van der Waals surface area contributed by atoms with Crippen LogP contribution in [0.15, 0.2) is 0 Å². The Morgan fingerprint density at radius 1 is 1.24 bits per heavy atom. The van der Waals surface area contributed by atoms with Crippen LogP contribution in [0.2, 0.25) is 5.31 Å². The minimum Gasteiger partial charge on any atom is -0.356 e. The number of nitrogens with one attached hydrogen (secondary N) is 1. The molecule has 206 valence electrons. The van der Waals surface area contributed by atoms with Crippen molar-refractivity contribution < 1.29 is 28.3 Å². The van der Waals surface area contributed by atoms with Crippen LogP contribution in [0.4, 0.5) is 4.39 Å². The zero-order valence-electron chi connectivity index (χ0n) is 22.5. The van der Waals surface area contributed by atoms with Gasteiger partial charge in [0.1, 0.15) is 26.5 Å². The number of nitrogens with zero attached hydrogens (tertiary/aromatic N) is 2. The van der Waals surface area contributed by atoms with E-state index in [1.807, 2.05) is 22.9 Å². The molecule has 1 spiro atoms. The smallest absolute Gasteiger partial charge is 0.254 e. The van der Waals surface area contributed by atoms with Gasteiger partial charge in [0.2, 0.25) is 17.7 Å². The summed E-state index contributed by atoms with van der Waals surface area (Å²) in [6.07, 6.45) is 6.98. The van der Waals surface area contributed by atoms with Crippen LogP contribution in [-0.2, 0) is 23.9 Å². The van der Waals surface area contributed by atoms with E-state index in [2.05, 4.69) is 20.1 Å². The summed E-state index contributed by atoms with van der Waals surface area (Å²) >= 11 is 1.86. The first-order valence-electron chi connectivity index (χ1n) is 13.6. The quantitative estimate of drug-likeness (QED) is 0.240. The summed E-state index contributed by atoms with van der Waals surface area (Å²) in [7, 11) is 2.23. The van der Waals surface area contributed by atoms with E-state index in [0.717, 1.165) is 38.5 Å². The third-order valence-corrected chi connectivity index (χ3v) is 9.95. The average Bonchev–Trinajstić information content (AvgIpc) is 3.28. The van der Waals surface area contributed by atoms with Crippen LogP contribution in [0.5, 0.6) is 0 Å². The van der Waals surface area contributed by atoms with Crippen LogP contribution in [0.1, 0.15) is 78.6 Å². The number of likely N-dealkylation sites (tertiary alicyclic amines) is 1. The van der Waals surface area contributed by atoms with Gasteiger partial charge in [0.15, 0.2) is 5.78 Å². The molecule has 4 fully saturated rings. The van der Waals surface area contributed by atoms with E-state index < -0.39 is 36.2 Å². The normalized spacial score (nSPS) is 31.8. The van der Waals surface area contributed by atoms with Gasteiger partial charge in [-0.1, -0.05) is 25.1 Å². The summed E-state index contributed by atoms with van der Waals surface area (Å²) < 4.78 is 20.4. The molecular formula is C26H40BFIN3O5. The molecule has 0 radical (unpaired) electrons. The van der Waals surface area contributed by atoms with Crippen molar-refractivity contribution in [2.75, 3.05) is 19.7 Å². The molecule has 3 amide bonds. The molecule has 2 saturated heterocycles. The van der Waals surface area contributed by atoms with Crippen molar-refractivity contribution in [3.05, 3.63) is 0 Å². The highest BCUT2D eigenvalue weighted by molar-refractivity contribution is 14.1. The molecule has 0 aromatic heterocycles. The second-order valence-electron chi connectivity index (χ2n) is 12.9. The molecule has 37 heavy (non-hydrogen) atoms. The molecule has 11 heteroatoms. The standard InChI is InChI=1S/C26H40BFIN3O5/c1-24(2,28)37-14-20(33)18(12-17-6-11-30-21(17)34)32(29)23(36)19-13-26(9-10-26)15-31(19)22(35)16-4-7-25(3,27)8-5-16/h16-19H,4-15,27H2,1-3H3,(H,30,34)/t16?,17-,18-,19-,25?/m0/s1. The molecule has 1 N–H and O–H groups in total. The fourth-order valence-corrected chi connectivity index (χ4v) is 6.91. The van der Waals surface area contributed by atoms with Gasteiger partial charge in [-0.2, -0.15) is 0 Å². The van der Waals surface area contributed by atoms with Gasteiger partial charge in [0, 0.05) is 24.9 Å². The van der Waals surface area contributed by atoms with Crippen molar-refractivity contribution in [1.29, 1.82) is 0 Å². The molecule has 2 saturated carbocycles. The predicted octanol–water partition coefficient (Wildman–Crippen LogP) is 2.73. The lowest BCUT2D eigenvalue weighted by Gasteiger charge is -2.37. The lowest BCUT2D eigenvalue weighted by molar-refractivity contribution is -0.152. The molecule has 0 bridgehead atoms. The Labute approximate surface area is 234 Å². The number of amides is 3. The Kier molecular flexibility index (Phi) is 8.35. The Bertz CT molecular complexity index is 928. The van der Waals surface area contributed by atoms with Gasteiger partial charge >= 0.3 is 0 Å². The maximum atomic E-state index is 14.0. The Morgan fingerprint density at radius 2 is 1.89 bits per heavy atom. The topological polar surface area (TPSA) is 96.0 Å². The summed E-state index contributed by atoms with van der Waals surface area (Å²) in [5.41, 5.74) is 0.00755. The van der Waals surface area contributed by atoms with Crippen molar-refractivity contribution in [3.8, 4) is 0 Å². The number of rotatable bonds is 9. The second-order valence-corrected chi connectivity index (χ2v) is 14.0. The fraction of sp³-hybridized carbons (Fsp3) is 0.846. The molecule has 4 rings (SSSR count). The first kappa shape index (κ1) is 28.8. The molecule has 2 aliphatic carbocycles. The summed E-state index contributed by atoms with van der Waals surface area (Å²) in [5.74, 6) is -3.28. The zero-order chi connectivity index (χ0) is 27.2. The minimum atomic E-state index is -1.99. The Balaban J connectivity index is 1.50. The maximum Gasteiger partial charge on any atom is 0.254 e. The van der Waals surface area contributed by atoms with Crippen LogP contribution in [-0.4, -0.2) is 77.0 Å². The molecule has 2 aliphatic heterocycles. The Hall–Kier alpha value is -1.24. The number of Topliss-reactive ketones (excluding diaryl/α,β-unsaturated/α-hetero) is 1.